The Morgan fingerprint density at radius 3 is 2.75 bits per heavy atom. The maximum Gasteiger partial charge on any atom is 0.127 e. The predicted octanol–water partition coefficient (Wildman–Crippen LogP) is 2.61. The number of aliphatic hydroxyl groups excluding tert-OH is 1. The highest BCUT2D eigenvalue weighted by atomic mass is 16.5. The zero-order valence-electron chi connectivity index (χ0n) is 14.7. The number of rotatable bonds is 6. The number of fused-ring (bicyclic) bond motifs is 1. The maximum atomic E-state index is 9.57. The van der Waals surface area contributed by atoms with Crippen molar-refractivity contribution in [3.8, 4) is 5.75 Å². The molecular weight excluding hydrogens is 300 g/mol. The third-order valence-corrected chi connectivity index (χ3v) is 4.76. The molecule has 1 fully saturated rings. The molecule has 0 radical (unpaired) electrons. The van der Waals surface area contributed by atoms with E-state index in [-0.39, 0.29) is 6.10 Å². The van der Waals surface area contributed by atoms with Crippen molar-refractivity contribution in [2.75, 3.05) is 39.3 Å². The molecule has 24 heavy (non-hydrogen) atoms. The summed E-state index contributed by atoms with van der Waals surface area (Å²) in [7, 11) is 0. The zero-order chi connectivity index (χ0) is 16.9. The van der Waals surface area contributed by atoms with E-state index in [2.05, 4.69) is 53.1 Å². The van der Waals surface area contributed by atoms with Crippen LogP contribution in [-0.2, 0) is 0 Å². The van der Waals surface area contributed by atoms with Crippen LogP contribution in [-0.4, -0.2) is 66.4 Å². The van der Waals surface area contributed by atoms with Gasteiger partial charge in [0.25, 0.3) is 0 Å². The summed E-state index contributed by atoms with van der Waals surface area (Å²) in [5.41, 5.74) is 0. The Labute approximate surface area is 144 Å². The molecule has 1 saturated heterocycles. The van der Waals surface area contributed by atoms with Crippen LogP contribution >= 0.6 is 0 Å². The lowest BCUT2D eigenvalue weighted by Crippen LogP contribution is -2.54. The summed E-state index contributed by atoms with van der Waals surface area (Å²) in [6.07, 6.45) is -0.256. The molecule has 2 aromatic carbocycles. The minimum absolute atomic E-state index is 0.256. The first-order chi connectivity index (χ1) is 11.6. The summed E-state index contributed by atoms with van der Waals surface area (Å²) in [4.78, 5) is 4.82. The van der Waals surface area contributed by atoms with Gasteiger partial charge in [-0.25, -0.2) is 0 Å². The number of β-amino-alcohol motifs (C(OH)–C–C–N with tert-alkyl or cyclic N) is 1. The highest BCUT2D eigenvalue weighted by Gasteiger charge is 2.24. The molecule has 0 saturated carbocycles. The van der Waals surface area contributed by atoms with E-state index in [1.165, 1.54) is 10.8 Å². The average Bonchev–Trinajstić information content (AvgIpc) is 2.57. The van der Waals surface area contributed by atoms with E-state index in [9.17, 15) is 5.11 Å². The van der Waals surface area contributed by atoms with Gasteiger partial charge in [-0.15, -0.1) is 0 Å². The molecule has 1 N–H and O–H groups in total. The minimum Gasteiger partial charge on any atom is -0.492 e. The molecule has 0 spiro atoms. The lowest BCUT2D eigenvalue weighted by molar-refractivity contribution is 0.0405. The van der Waals surface area contributed by atoms with Crippen molar-refractivity contribution in [1.29, 1.82) is 0 Å². The van der Waals surface area contributed by atoms with E-state index in [1.807, 2.05) is 13.0 Å². The quantitative estimate of drug-likeness (QED) is 0.884. The van der Waals surface area contributed by atoms with E-state index in [1.54, 1.807) is 0 Å². The summed E-state index contributed by atoms with van der Waals surface area (Å²) in [5.74, 6) is 0.967. The van der Waals surface area contributed by atoms with Crippen LogP contribution in [0.3, 0.4) is 0 Å². The average molecular weight is 328 g/mol. The summed E-state index contributed by atoms with van der Waals surface area (Å²) < 4.78 is 6.05. The van der Waals surface area contributed by atoms with Crippen LogP contribution in [0, 0.1) is 0 Å². The third-order valence-electron chi connectivity index (χ3n) is 4.76. The fourth-order valence-corrected chi connectivity index (χ4v) is 3.49. The highest BCUT2D eigenvalue weighted by Crippen LogP contribution is 2.25. The number of nitrogens with zero attached hydrogens (tertiary/aromatic N) is 2. The number of piperazine rings is 1. The zero-order valence-corrected chi connectivity index (χ0v) is 14.7. The smallest absolute Gasteiger partial charge is 0.127 e. The van der Waals surface area contributed by atoms with Gasteiger partial charge in [0.05, 0.1) is 6.10 Å². The number of ether oxygens (including phenoxy) is 1. The van der Waals surface area contributed by atoms with Gasteiger partial charge in [-0.05, 0) is 25.3 Å². The van der Waals surface area contributed by atoms with Crippen molar-refractivity contribution in [1.82, 2.24) is 9.80 Å². The largest absolute Gasteiger partial charge is 0.492 e. The van der Waals surface area contributed by atoms with Crippen LogP contribution in [0.25, 0.3) is 10.8 Å². The Kier molecular flexibility index (Phi) is 5.72. The summed E-state index contributed by atoms with van der Waals surface area (Å²) in [6.45, 7) is 9.59. The van der Waals surface area contributed by atoms with Crippen LogP contribution in [0.1, 0.15) is 13.8 Å². The third kappa shape index (κ3) is 4.26. The van der Waals surface area contributed by atoms with Gasteiger partial charge in [0.2, 0.25) is 0 Å². The lowest BCUT2D eigenvalue weighted by atomic mass is 10.1. The van der Waals surface area contributed by atoms with Gasteiger partial charge in [-0.2, -0.15) is 0 Å². The van der Waals surface area contributed by atoms with Crippen molar-refractivity contribution in [2.24, 2.45) is 0 Å². The first kappa shape index (κ1) is 17.2. The standard InChI is InChI=1S/C20H28N2O2/c1-16-14-21(10-11-22(16)15-17(2)23)12-13-24-20-9-5-7-18-6-3-4-8-19(18)20/h3-9,16-17,23H,10-15H2,1-2H3/t16-,17-/m0/s1. The molecule has 3 rings (SSSR count). The highest BCUT2D eigenvalue weighted by molar-refractivity contribution is 5.88. The van der Waals surface area contributed by atoms with Gasteiger partial charge in [-0.1, -0.05) is 36.4 Å². The monoisotopic (exact) mass is 328 g/mol. The summed E-state index contributed by atoms with van der Waals surface area (Å²) in [6, 6.07) is 15.0. The normalized spacial score (nSPS) is 21.0. The van der Waals surface area contributed by atoms with Crippen LogP contribution < -0.4 is 4.74 Å². The van der Waals surface area contributed by atoms with E-state index >= 15 is 0 Å². The molecule has 0 aliphatic carbocycles. The van der Waals surface area contributed by atoms with Crippen molar-refractivity contribution < 1.29 is 9.84 Å². The van der Waals surface area contributed by atoms with Gasteiger partial charge in [0.1, 0.15) is 12.4 Å². The molecule has 0 amide bonds. The molecule has 130 valence electrons. The summed E-state index contributed by atoms with van der Waals surface area (Å²) in [5, 5.41) is 12.0. The Morgan fingerprint density at radius 2 is 1.96 bits per heavy atom. The number of aliphatic hydroxyl groups is 1. The topological polar surface area (TPSA) is 35.9 Å². The van der Waals surface area contributed by atoms with Crippen molar-refractivity contribution >= 4 is 10.8 Å². The number of benzene rings is 2. The van der Waals surface area contributed by atoms with E-state index in [0.29, 0.717) is 12.6 Å². The van der Waals surface area contributed by atoms with Gasteiger partial charge < -0.3 is 9.84 Å². The fraction of sp³-hybridized carbons (Fsp3) is 0.500. The molecule has 4 heteroatoms. The lowest BCUT2D eigenvalue weighted by Gasteiger charge is -2.40. The Balaban J connectivity index is 1.50. The molecule has 0 bridgehead atoms. The second-order valence-electron chi connectivity index (χ2n) is 6.82. The van der Waals surface area contributed by atoms with Crippen LogP contribution in [0.15, 0.2) is 42.5 Å². The van der Waals surface area contributed by atoms with Crippen molar-refractivity contribution in [3.05, 3.63) is 42.5 Å². The predicted molar refractivity (Wildman–Crippen MR) is 98.6 cm³/mol. The first-order valence-electron chi connectivity index (χ1n) is 8.88. The van der Waals surface area contributed by atoms with Crippen molar-refractivity contribution in [2.45, 2.75) is 26.0 Å². The molecule has 2 atom stereocenters. The van der Waals surface area contributed by atoms with Gasteiger partial charge in [-0.3, -0.25) is 9.80 Å². The van der Waals surface area contributed by atoms with Crippen LogP contribution in [0.2, 0.25) is 0 Å². The fourth-order valence-electron chi connectivity index (χ4n) is 3.49. The van der Waals surface area contributed by atoms with E-state index in [4.69, 9.17) is 4.74 Å². The molecular formula is C20H28N2O2. The van der Waals surface area contributed by atoms with Crippen molar-refractivity contribution in [3.63, 3.8) is 0 Å². The maximum absolute atomic E-state index is 9.57. The van der Waals surface area contributed by atoms with Gasteiger partial charge >= 0.3 is 0 Å². The minimum atomic E-state index is -0.256. The van der Waals surface area contributed by atoms with Gasteiger partial charge in [0.15, 0.2) is 0 Å². The Morgan fingerprint density at radius 1 is 1.17 bits per heavy atom. The van der Waals surface area contributed by atoms with Gasteiger partial charge in [0, 0.05) is 44.2 Å². The number of hydrogen-bond donors (Lipinski definition) is 1. The first-order valence-corrected chi connectivity index (χ1v) is 8.88. The number of hydrogen-bond acceptors (Lipinski definition) is 4. The molecule has 2 aromatic rings. The SMILES string of the molecule is C[C@H](O)CN1CCN(CCOc2cccc3ccccc23)C[C@@H]1C. The Bertz CT molecular complexity index is 654. The van der Waals surface area contributed by atoms with E-state index < -0.39 is 0 Å². The molecule has 0 aromatic heterocycles. The molecule has 0 unspecified atom stereocenters. The molecule has 4 nitrogen and oxygen atoms in total. The van der Waals surface area contributed by atoms with Crippen LogP contribution in [0.4, 0.5) is 0 Å². The second kappa shape index (κ2) is 7.97. The molecule has 1 heterocycles. The summed E-state index contributed by atoms with van der Waals surface area (Å²) >= 11 is 0. The van der Waals surface area contributed by atoms with E-state index in [0.717, 1.165) is 38.5 Å². The molecule has 1 aliphatic heterocycles. The molecule has 1 aliphatic rings. The Hall–Kier alpha value is -1.62. The second-order valence-corrected chi connectivity index (χ2v) is 6.82. The van der Waals surface area contributed by atoms with Crippen LogP contribution in [0.5, 0.6) is 5.75 Å².